The van der Waals surface area contributed by atoms with Gasteiger partial charge in [0.1, 0.15) is 52.8 Å². The zero-order valence-electron chi connectivity index (χ0n) is 48.0. The first-order chi connectivity index (χ1) is 44.1. The number of hydrogen-bond acceptors (Lipinski definition) is 24. The number of aromatic nitrogens is 15. The SMILES string of the molecule is Cn1nnc(-c2ccc(-c3ccc(N4C[C@H](COP(=O)(O)O)OC4=O)cc3F)cn2)n1.Cn1nnc(-c2ccc(-c3ccc(N4C[C@H](COP(=O)(O)O)OC4=O)cc3F)cn2)n1.Cn1nnc(-c2ccc(-c3ccc(N4C[C@H](COP(=O)(O)O)OC4=O)cc3F)cn2)n1. The van der Waals surface area contributed by atoms with Crippen molar-refractivity contribution >= 4 is 58.8 Å². The van der Waals surface area contributed by atoms with Gasteiger partial charge in [0.25, 0.3) is 0 Å². The summed E-state index contributed by atoms with van der Waals surface area (Å²) >= 11 is 0. The van der Waals surface area contributed by atoms with Crippen LogP contribution in [0, 0.1) is 17.5 Å². The molecule has 3 atom stereocenters. The van der Waals surface area contributed by atoms with Gasteiger partial charge < -0.3 is 43.6 Å². The third-order valence-electron chi connectivity index (χ3n) is 13.1. The van der Waals surface area contributed by atoms with Gasteiger partial charge in [-0.25, -0.2) is 41.3 Å². The van der Waals surface area contributed by atoms with Crippen molar-refractivity contribution in [3.8, 4) is 67.9 Å². The Kier molecular flexibility index (Phi) is 19.6. The van der Waals surface area contributed by atoms with Gasteiger partial charge >= 0.3 is 41.7 Å². The van der Waals surface area contributed by atoms with Crippen molar-refractivity contribution in [3.63, 3.8) is 0 Å². The van der Waals surface area contributed by atoms with E-state index in [2.05, 4.69) is 74.8 Å². The standard InChI is InChI=1S/3C17H16FN6O6P/c3*1-23-21-16(20-22-23)15-5-2-10(7-19-15)13-4-3-11(6-14(13)18)24-8-12(30-17(24)25)9-29-31(26,27)28/h3*2-7,12H,8-9H2,1H3,(H2,26,27,28)/t3*12-/m111/s1. The fraction of sp³-hybridized carbons (Fsp3) is 0.235. The van der Waals surface area contributed by atoms with E-state index in [1.807, 2.05) is 0 Å². The van der Waals surface area contributed by atoms with Crippen LogP contribution in [-0.2, 0) is 62.6 Å². The molecule has 42 heteroatoms. The number of phosphoric ester groups is 3. The first-order valence-electron chi connectivity index (χ1n) is 26.6. The molecule has 486 valence electrons. The van der Waals surface area contributed by atoms with Crippen molar-refractivity contribution in [1.82, 2.24) is 75.6 Å². The van der Waals surface area contributed by atoms with Crippen molar-refractivity contribution in [1.29, 1.82) is 0 Å². The van der Waals surface area contributed by atoms with Crippen LogP contribution in [0.15, 0.2) is 110 Å². The summed E-state index contributed by atoms with van der Waals surface area (Å²) in [4.78, 5) is 109. The van der Waals surface area contributed by atoms with E-state index >= 15 is 0 Å². The van der Waals surface area contributed by atoms with Gasteiger partial charge in [0, 0.05) is 52.0 Å². The Morgan fingerprint density at radius 2 is 0.710 bits per heavy atom. The van der Waals surface area contributed by atoms with Crippen molar-refractivity contribution in [3.05, 3.63) is 127 Å². The van der Waals surface area contributed by atoms with Gasteiger partial charge in [-0.3, -0.25) is 43.2 Å². The summed E-state index contributed by atoms with van der Waals surface area (Å²) in [5, 5.41) is 35.0. The zero-order chi connectivity index (χ0) is 66.5. The summed E-state index contributed by atoms with van der Waals surface area (Å²) in [6.45, 7) is -1.57. The number of carbonyl (C=O) groups excluding carboxylic acids is 3. The molecule has 0 spiro atoms. The molecule has 93 heavy (non-hydrogen) atoms. The van der Waals surface area contributed by atoms with Crippen LogP contribution in [0.4, 0.5) is 44.6 Å². The average molecular weight is 1350 g/mol. The number of cyclic esters (lactones) is 3. The Morgan fingerprint density at radius 3 is 0.914 bits per heavy atom. The van der Waals surface area contributed by atoms with Gasteiger partial charge in [-0.1, -0.05) is 18.2 Å². The van der Waals surface area contributed by atoms with Crippen LogP contribution in [0.25, 0.3) is 67.9 Å². The van der Waals surface area contributed by atoms with Crippen molar-refractivity contribution in [2.75, 3.05) is 54.2 Å². The van der Waals surface area contributed by atoms with Crippen LogP contribution in [0.1, 0.15) is 0 Å². The number of tetrazole rings is 3. The number of hydrogen-bond donors (Lipinski definition) is 6. The highest BCUT2D eigenvalue weighted by Gasteiger charge is 2.37. The minimum atomic E-state index is -4.69. The molecule has 3 aliphatic heterocycles. The highest BCUT2D eigenvalue weighted by molar-refractivity contribution is 7.46. The van der Waals surface area contributed by atoms with Crippen LogP contribution in [0.5, 0.6) is 0 Å². The van der Waals surface area contributed by atoms with Crippen LogP contribution in [0.3, 0.4) is 0 Å². The number of aryl methyl sites for hydroxylation is 3. The maximum Gasteiger partial charge on any atom is 0.469 e. The number of carbonyl (C=O) groups is 3. The molecule has 6 aromatic heterocycles. The zero-order valence-corrected chi connectivity index (χ0v) is 50.7. The molecule has 3 aromatic carbocycles. The number of anilines is 3. The number of halogens is 3. The van der Waals surface area contributed by atoms with Gasteiger partial charge in [0.05, 0.1) is 77.7 Å². The third kappa shape index (κ3) is 17.1. The molecule has 9 aromatic rings. The average Bonchev–Trinajstić information content (AvgIpc) is 1.90. The lowest BCUT2D eigenvalue weighted by Crippen LogP contribution is -2.25. The minimum Gasteiger partial charge on any atom is -0.441 e. The molecule has 0 radical (unpaired) electrons. The third-order valence-corrected chi connectivity index (χ3v) is 14.6. The summed E-state index contributed by atoms with van der Waals surface area (Å²) in [6, 6.07) is 22.5. The summed E-state index contributed by atoms with van der Waals surface area (Å²) in [5.74, 6) is -0.744. The first kappa shape index (κ1) is 66.2. The maximum atomic E-state index is 14.8. The molecule has 3 saturated heterocycles. The fourth-order valence-corrected chi connectivity index (χ4v) is 10.0. The normalized spacial score (nSPS) is 16.6. The quantitative estimate of drug-likeness (QED) is 0.0507. The number of phosphoric acid groups is 3. The number of benzene rings is 3. The second-order valence-corrected chi connectivity index (χ2v) is 23.5. The Hall–Kier alpha value is -9.75. The summed E-state index contributed by atoms with van der Waals surface area (Å²) in [6.07, 6.45) is -0.564. The van der Waals surface area contributed by atoms with Gasteiger partial charge in [-0.15, -0.1) is 30.6 Å². The van der Waals surface area contributed by atoms with Crippen molar-refractivity contribution in [2.45, 2.75) is 18.3 Å². The van der Waals surface area contributed by atoms with Gasteiger partial charge in [-0.2, -0.15) is 14.4 Å². The molecule has 6 N–H and O–H groups in total. The lowest BCUT2D eigenvalue weighted by atomic mass is 10.1. The maximum absolute atomic E-state index is 14.8. The topological polar surface area (TPSA) is 458 Å². The Labute approximate surface area is 519 Å². The second-order valence-electron chi connectivity index (χ2n) is 19.8. The molecule has 3 aliphatic rings. The van der Waals surface area contributed by atoms with E-state index < -0.39 is 97.3 Å². The molecule has 0 aliphatic carbocycles. The largest absolute Gasteiger partial charge is 0.469 e. The number of pyridine rings is 3. The second kappa shape index (κ2) is 27.6. The monoisotopic (exact) mass is 1350 g/mol. The minimum absolute atomic E-state index is 0.0427. The smallest absolute Gasteiger partial charge is 0.441 e. The summed E-state index contributed by atoms with van der Waals surface area (Å²) < 4.78 is 105. The Balaban J connectivity index is 0.000000153. The predicted octanol–water partition coefficient (Wildman–Crippen LogP) is 4.54. The lowest BCUT2D eigenvalue weighted by molar-refractivity contribution is 0.0880. The van der Waals surface area contributed by atoms with Gasteiger partial charge in [0.15, 0.2) is 0 Å². The predicted molar refractivity (Wildman–Crippen MR) is 309 cm³/mol. The number of rotatable bonds is 18. The molecule has 0 unspecified atom stereocenters. The molecule has 0 saturated carbocycles. The number of nitrogens with zero attached hydrogens (tertiary/aromatic N) is 18. The van der Waals surface area contributed by atoms with E-state index in [0.29, 0.717) is 51.2 Å². The number of ether oxygens (including phenoxy) is 3. The molecular formula is C51H48F3N18O18P3. The molecular weight excluding hydrogens is 1300 g/mol. The van der Waals surface area contributed by atoms with Crippen molar-refractivity contribution < 1.29 is 98.4 Å². The van der Waals surface area contributed by atoms with E-state index in [4.69, 9.17) is 43.6 Å². The van der Waals surface area contributed by atoms with Crippen molar-refractivity contribution in [2.24, 2.45) is 21.1 Å². The Bertz CT molecular complexity index is 3930. The summed E-state index contributed by atoms with van der Waals surface area (Å²) in [7, 11) is -9.18. The number of amides is 3. The molecule has 0 bridgehead atoms. The fourth-order valence-electron chi connectivity index (χ4n) is 8.93. The highest BCUT2D eigenvalue weighted by atomic mass is 31.2. The van der Waals surface area contributed by atoms with Gasteiger partial charge in [-0.05, 0) is 88.4 Å². The summed E-state index contributed by atoms with van der Waals surface area (Å²) in [5.41, 5.74) is 4.48. The van der Waals surface area contributed by atoms with Crippen LogP contribution in [-0.4, -0.2) is 181 Å². The molecule has 3 fully saturated rings. The first-order valence-corrected chi connectivity index (χ1v) is 31.2. The van der Waals surface area contributed by atoms with Crippen LogP contribution in [0.2, 0.25) is 0 Å². The molecule has 3 amide bonds. The van der Waals surface area contributed by atoms with Gasteiger partial charge in [0.2, 0.25) is 17.5 Å². The van der Waals surface area contributed by atoms with E-state index in [1.54, 1.807) is 57.5 Å². The molecule has 9 heterocycles. The lowest BCUT2D eigenvalue weighted by Gasteiger charge is -2.14. The Morgan fingerprint density at radius 1 is 0.441 bits per heavy atom. The van der Waals surface area contributed by atoms with E-state index in [-0.39, 0.29) is 53.4 Å². The van der Waals surface area contributed by atoms with E-state index in [0.717, 1.165) is 14.7 Å². The van der Waals surface area contributed by atoms with Crippen LogP contribution >= 0.6 is 23.5 Å². The molecule has 36 nitrogen and oxygen atoms in total. The highest BCUT2D eigenvalue weighted by Crippen LogP contribution is 2.40. The van der Waals surface area contributed by atoms with E-state index in [1.165, 1.54) is 87.6 Å². The van der Waals surface area contributed by atoms with Crippen LogP contribution < -0.4 is 14.7 Å². The van der Waals surface area contributed by atoms with E-state index in [9.17, 15) is 41.3 Å². The molecule has 12 rings (SSSR count).